The molecule has 4 heteroatoms. The SMILES string of the molecule is CCCCOc1ccc(CCN=C(N)N(C)C2CC2)cc1. The zero-order valence-corrected chi connectivity index (χ0v) is 13.2. The van der Waals surface area contributed by atoms with Crippen molar-refractivity contribution < 1.29 is 4.74 Å². The Labute approximate surface area is 128 Å². The van der Waals surface area contributed by atoms with E-state index in [0.29, 0.717) is 12.0 Å². The standard InChI is InChI=1S/C17H27N3O/c1-3-4-13-21-16-9-5-14(6-10-16)11-12-19-17(18)20(2)15-7-8-15/h5-6,9-10,15H,3-4,7-8,11-13H2,1-2H3,(H2,18,19). The average molecular weight is 289 g/mol. The molecule has 0 aliphatic heterocycles. The van der Waals surface area contributed by atoms with Crippen molar-refractivity contribution in [1.29, 1.82) is 0 Å². The summed E-state index contributed by atoms with van der Waals surface area (Å²) in [6, 6.07) is 8.91. The number of rotatable bonds is 8. The first kappa shape index (κ1) is 15.7. The van der Waals surface area contributed by atoms with Crippen molar-refractivity contribution >= 4 is 5.96 Å². The Kier molecular flexibility index (Phi) is 5.90. The molecule has 0 atom stereocenters. The molecule has 2 N–H and O–H groups in total. The number of benzene rings is 1. The largest absolute Gasteiger partial charge is 0.494 e. The Bertz CT molecular complexity index is 452. The maximum Gasteiger partial charge on any atom is 0.191 e. The molecule has 1 aliphatic carbocycles. The van der Waals surface area contributed by atoms with Crippen molar-refractivity contribution in [3.8, 4) is 5.75 Å². The number of hydrogen-bond donors (Lipinski definition) is 1. The Morgan fingerprint density at radius 2 is 2.05 bits per heavy atom. The van der Waals surface area contributed by atoms with Crippen molar-refractivity contribution in [3.05, 3.63) is 29.8 Å². The van der Waals surface area contributed by atoms with Gasteiger partial charge in [-0.05, 0) is 43.4 Å². The molecule has 116 valence electrons. The van der Waals surface area contributed by atoms with Crippen LogP contribution in [0.15, 0.2) is 29.3 Å². The van der Waals surface area contributed by atoms with Gasteiger partial charge in [0.1, 0.15) is 5.75 Å². The molecule has 1 fully saturated rings. The summed E-state index contributed by atoms with van der Waals surface area (Å²) >= 11 is 0. The first-order chi connectivity index (χ1) is 10.2. The summed E-state index contributed by atoms with van der Waals surface area (Å²) < 4.78 is 5.65. The van der Waals surface area contributed by atoms with Crippen molar-refractivity contribution in [3.63, 3.8) is 0 Å². The lowest BCUT2D eigenvalue weighted by atomic mass is 10.1. The van der Waals surface area contributed by atoms with Gasteiger partial charge < -0.3 is 15.4 Å². The predicted octanol–water partition coefficient (Wildman–Crippen LogP) is 2.82. The van der Waals surface area contributed by atoms with E-state index in [1.165, 1.54) is 18.4 Å². The van der Waals surface area contributed by atoms with E-state index in [1.54, 1.807) is 0 Å². The minimum Gasteiger partial charge on any atom is -0.494 e. The third-order valence-electron chi connectivity index (χ3n) is 3.82. The second-order valence-corrected chi connectivity index (χ2v) is 5.68. The Morgan fingerprint density at radius 3 is 2.67 bits per heavy atom. The molecular weight excluding hydrogens is 262 g/mol. The van der Waals surface area contributed by atoms with Crippen LogP contribution in [0.2, 0.25) is 0 Å². The third-order valence-corrected chi connectivity index (χ3v) is 3.82. The van der Waals surface area contributed by atoms with Crippen LogP contribution >= 0.6 is 0 Å². The normalized spacial score (nSPS) is 15.0. The first-order valence-electron chi connectivity index (χ1n) is 7.95. The number of nitrogens with two attached hydrogens (primary N) is 1. The average Bonchev–Trinajstić information content (AvgIpc) is 3.33. The highest BCUT2D eigenvalue weighted by Gasteiger charge is 2.27. The topological polar surface area (TPSA) is 50.9 Å². The lowest BCUT2D eigenvalue weighted by molar-refractivity contribution is 0.309. The maximum absolute atomic E-state index is 5.97. The third kappa shape index (κ3) is 5.29. The fourth-order valence-electron chi connectivity index (χ4n) is 2.15. The molecular formula is C17H27N3O. The maximum atomic E-state index is 5.97. The molecule has 21 heavy (non-hydrogen) atoms. The summed E-state index contributed by atoms with van der Waals surface area (Å²) in [6.45, 7) is 3.70. The summed E-state index contributed by atoms with van der Waals surface area (Å²) in [5, 5.41) is 0. The molecule has 0 unspecified atom stereocenters. The van der Waals surface area contributed by atoms with Gasteiger partial charge in [0.15, 0.2) is 5.96 Å². The molecule has 1 aromatic rings. The fraction of sp³-hybridized carbons (Fsp3) is 0.588. The smallest absolute Gasteiger partial charge is 0.191 e. The van der Waals surface area contributed by atoms with E-state index in [-0.39, 0.29) is 0 Å². The molecule has 0 spiro atoms. The van der Waals surface area contributed by atoms with Crippen LogP contribution in [-0.2, 0) is 6.42 Å². The first-order valence-corrected chi connectivity index (χ1v) is 7.95. The number of unbranched alkanes of at least 4 members (excludes halogenated alkanes) is 1. The van der Waals surface area contributed by atoms with E-state index in [1.807, 2.05) is 19.2 Å². The van der Waals surface area contributed by atoms with Crippen molar-refractivity contribution in [2.24, 2.45) is 10.7 Å². The van der Waals surface area contributed by atoms with Crippen LogP contribution in [0.1, 0.15) is 38.2 Å². The van der Waals surface area contributed by atoms with Gasteiger partial charge in [0.05, 0.1) is 6.61 Å². The van der Waals surface area contributed by atoms with E-state index in [2.05, 4.69) is 28.9 Å². The molecule has 0 amide bonds. The minimum atomic E-state index is 0.619. The molecule has 2 rings (SSSR count). The highest BCUT2D eigenvalue weighted by Crippen LogP contribution is 2.24. The lowest BCUT2D eigenvalue weighted by Gasteiger charge is -2.16. The number of guanidine groups is 1. The van der Waals surface area contributed by atoms with Crippen LogP contribution in [-0.4, -0.2) is 37.1 Å². The van der Waals surface area contributed by atoms with E-state index >= 15 is 0 Å². The summed E-state index contributed by atoms with van der Waals surface area (Å²) in [6.07, 6.45) is 5.66. The molecule has 1 aromatic carbocycles. The number of aliphatic imine (C=N–C) groups is 1. The Morgan fingerprint density at radius 1 is 1.33 bits per heavy atom. The monoisotopic (exact) mass is 289 g/mol. The number of nitrogens with zero attached hydrogens (tertiary/aromatic N) is 2. The number of ether oxygens (including phenoxy) is 1. The lowest BCUT2D eigenvalue weighted by Crippen LogP contribution is -2.35. The Balaban J connectivity index is 1.74. The molecule has 0 bridgehead atoms. The van der Waals surface area contributed by atoms with Gasteiger partial charge in [-0.25, -0.2) is 0 Å². The Hall–Kier alpha value is -1.71. The fourth-order valence-corrected chi connectivity index (χ4v) is 2.15. The van der Waals surface area contributed by atoms with Gasteiger partial charge in [-0.2, -0.15) is 0 Å². The van der Waals surface area contributed by atoms with Crippen LogP contribution in [0, 0.1) is 0 Å². The zero-order chi connectivity index (χ0) is 15.1. The zero-order valence-electron chi connectivity index (χ0n) is 13.2. The van der Waals surface area contributed by atoms with Crippen LogP contribution in [0.25, 0.3) is 0 Å². The second-order valence-electron chi connectivity index (χ2n) is 5.68. The van der Waals surface area contributed by atoms with E-state index < -0.39 is 0 Å². The van der Waals surface area contributed by atoms with Crippen LogP contribution < -0.4 is 10.5 Å². The van der Waals surface area contributed by atoms with Gasteiger partial charge in [0.2, 0.25) is 0 Å². The highest BCUT2D eigenvalue weighted by molar-refractivity contribution is 5.78. The van der Waals surface area contributed by atoms with E-state index in [0.717, 1.165) is 38.2 Å². The molecule has 0 heterocycles. The highest BCUT2D eigenvalue weighted by atomic mass is 16.5. The summed E-state index contributed by atoms with van der Waals surface area (Å²) in [5.41, 5.74) is 7.24. The molecule has 1 saturated carbocycles. The molecule has 1 aliphatic rings. The number of hydrogen-bond acceptors (Lipinski definition) is 2. The summed E-state index contributed by atoms with van der Waals surface area (Å²) in [7, 11) is 2.03. The molecule has 0 saturated heterocycles. The molecule has 4 nitrogen and oxygen atoms in total. The van der Waals surface area contributed by atoms with E-state index in [4.69, 9.17) is 10.5 Å². The van der Waals surface area contributed by atoms with Crippen molar-refractivity contribution in [1.82, 2.24) is 4.90 Å². The summed E-state index contributed by atoms with van der Waals surface area (Å²) in [4.78, 5) is 6.54. The van der Waals surface area contributed by atoms with Crippen molar-refractivity contribution in [2.45, 2.75) is 45.1 Å². The van der Waals surface area contributed by atoms with Gasteiger partial charge in [-0.3, -0.25) is 4.99 Å². The van der Waals surface area contributed by atoms with Gasteiger partial charge in [-0.1, -0.05) is 25.5 Å². The minimum absolute atomic E-state index is 0.619. The van der Waals surface area contributed by atoms with Gasteiger partial charge >= 0.3 is 0 Å². The van der Waals surface area contributed by atoms with Crippen molar-refractivity contribution in [2.75, 3.05) is 20.2 Å². The van der Waals surface area contributed by atoms with Gasteiger partial charge in [0, 0.05) is 19.6 Å². The molecule has 0 aromatic heterocycles. The van der Waals surface area contributed by atoms with Gasteiger partial charge in [0.25, 0.3) is 0 Å². The van der Waals surface area contributed by atoms with Crippen LogP contribution in [0.4, 0.5) is 0 Å². The second kappa shape index (κ2) is 7.91. The van der Waals surface area contributed by atoms with Gasteiger partial charge in [-0.15, -0.1) is 0 Å². The van der Waals surface area contributed by atoms with E-state index in [9.17, 15) is 0 Å². The molecule has 0 radical (unpaired) electrons. The van der Waals surface area contributed by atoms with Crippen LogP contribution in [0.5, 0.6) is 5.75 Å². The quantitative estimate of drug-likeness (QED) is 0.455. The predicted molar refractivity (Wildman–Crippen MR) is 87.8 cm³/mol. The summed E-state index contributed by atoms with van der Waals surface area (Å²) in [5.74, 6) is 1.61. The van der Waals surface area contributed by atoms with Crippen LogP contribution in [0.3, 0.4) is 0 Å².